The Bertz CT molecular complexity index is 1350. The van der Waals surface area contributed by atoms with Crippen molar-refractivity contribution in [2.45, 2.75) is 51.3 Å². The topological polar surface area (TPSA) is 77.1 Å². The second kappa shape index (κ2) is 10.9. The van der Waals surface area contributed by atoms with Crippen LogP contribution in [0.5, 0.6) is 11.5 Å². The van der Waals surface area contributed by atoms with Gasteiger partial charge in [0.2, 0.25) is 5.91 Å². The number of amides is 2. The van der Waals surface area contributed by atoms with Crippen LogP contribution in [0.15, 0.2) is 59.1 Å². The highest BCUT2D eigenvalue weighted by Gasteiger charge is 2.52. The van der Waals surface area contributed by atoms with Crippen LogP contribution in [0.25, 0.3) is 10.8 Å². The molecule has 2 unspecified atom stereocenters. The van der Waals surface area contributed by atoms with E-state index in [1.807, 2.05) is 68.4 Å². The van der Waals surface area contributed by atoms with Gasteiger partial charge in [-0.25, -0.2) is 0 Å². The number of nitrogens with one attached hydrogen (secondary N) is 1. The summed E-state index contributed by atoms with van der Waals surface area (Å²) in [5, 5.41) is 5.08. The number of anilines is 1. The number of hydrogen-bond donors (Lipinski definition) is 1. The van der Waals surface area contributed by atoms with Crippen LogP contribution in [0.1, 0.15) is 38.7 Å². The summed E-state index contributed by atoms with van der Waals surface area (Å²) in [4.78, 5) is 29.4. The van der Waals surface area contributed by atoms with Gasteiger partial charge in [0.1, 0.15) is 11.5 Å². The van der Waals surface area contributed by atoms with E-state index in [9.17, 15) is 9.59 Å². The van der Waals surface area contributed by atoms with Gasteiger partial charge in [-0.15, -0.1) is 0 Å². The molecule has 200 valence electrons. The molecule has 38 heavy (non-hydrogen) atoms. The minimum atomic E-state index is -1.00. The van der Waals surface area contributed by atoms with Crippen molar-refractivity contribution < 1.29 is 23.8 Å². The molecule has 0 aromatic heterocycles. The van der Waals surface area contributed by atoms with Crippen molar-refractivity contribution in [3.63, 3.8) is 0 Å². The number of nitrogens with zero attached hydrogens (tertiary/aromatic N) is 1. The Morgan fingerprint density at radius 2 is 2.05 bits per heavy atom. The van der Waals surface area contributed by atoms with Gasteiger partial charge in [-0.3, -0.25) is 9.59 Å². The SMILES string of the molecule is CC[C@@H](C)C(=O)NC1C(=O)N(Cc2c(OC)ccc3cc(Br)ccc23)c2ccccc2OC12CCCOC2. The Hall–Kier alpha value is -3.10. The first kappa shape index (κ1) is 26.5. The van der Waals surface area contributed by atoms with Crippen molar-refractivity contribution in [2.75, 3.05) is 25.2 Å². The zero-order valence-corrected chi connectivity index (χ0v) is 23.5. The molecule has 5 rings (SSSR count). The van der Waals surface area contributed by atoms with E-state index in [-0.39, 0.29) is 30.9 Å². The molecule has 8 heteroatoms. The van der Waals surface area contributed by atoms with E-state index >= 15 is 0 Å². The predicted octanol–water partition coefficient (Wildman–Crippen LogP) is 5.62. The maximum absolute atomic E-state index is 14.5. The van der Waals surface area contributed by atoms with E-state index in [2.05, 4.69) is 21.2 Å². The summed E-state index contributed by atoms with van der Waals surface area (Å²) < 4.78 is 19.3. The number of methoxy groups -OCH3 is 1. The van der Waals surface area contributed by atoms with E-state index < -0.39 is 11.6 Å². The Labute approximate surface area is 231 Å². The third kappa shape index (κ3) is 4.87. The van der Waals surface area contributed by atoms with Gasteiger partial charge in [-0.05, 0) is 60.4 Å². The molecule has 0 bridgehead atoms. The van der Waals surface area contributed by atoms with Crippen molar-refractivity contribution in [2.24, 2.45) is 5.92 Å². The third-order valence-corrected chi connectivity index (χ3v) is 8.17. The van der Waals surface area contributed by atoms with Crippen molar-refractivity contribution in [1.29, 1.82) is 0 Å². The monoisotopic (exact) mass is 580 g/mol. The van der Waals surface area contributed by atoms with Crippen LogP contribution in [0, 0.1) is 5.92 Å². The zero-order valence-electron chi connectivity index (χ0n) is 22.0. The van der Waals surface area contributed by atoms with Crippen molar-refractivity contribution in [3.05, 3.63) is 64.6 Å². The zero-order chi connectivity index (χ0) is 26.9. The van der Waals surface area contributed by atoms with E-state index in [1.165, 1.54) is 0 Å². The predicted molar refractivity (Wildman–Crippen MR) is 151 cm³/mol. The van der Waals surface area contributed by atoms with Gasteiger partial charge >= 0.3 is 0 Å². The standard InChI is InChI=1S/C30H33BrN2O5/c1-4-19(2)28(34)32-27-29(35)33(17-23-22-12-11-21(31)16-20(22)10-13-25(23)36-3)24-8-5-6-9-26(24)38-30(27)14-7-15-37-18-30/h5-6,8-13,16,19,27H,4,7,14-15,17-18H2,1-3H3,(H,32,34)/t19-,27?,30?/m1/s1. The molecule has 1 fully saturated rings. The van der Waals surface area contributed by atoms with Crippen LogP contribution in [0.3, 0.4) is 0 Å². The number of halogens is 1. The minimum absolute atomic E-state index is 0.169. The average Bonchev–Trinajstić information content (AvgIpc) is 3.02. The smallest absolute Gasteiger partial charge is 0.254 e. The van der Waals surface area contributed by atoms with Gasteiger partial charge in [0, 0.05) is 22.6 Å². The summed E-state index contributed by atoms with van der Waals surface area (Å²) in [6, 6.07) is 16.6. The molecular formula is C30H33BrN2O5. The molecule has 7 nitrogen and oxygen atoms in total. The highest BCUT2D eigenvalue weighted by atomic mass is 79.9. The highest BCUT2D eigenvalue weighted by Crippen LogP contribution is 2.42. The van der Waals surface area contributed by atoms with E-state index in [4.69, 9.17) is 14.2 Å². The average molecular weight is 582 g/mol. The number of hydrogen-bond acceptors (Lipinski definition) is 5. The summed E-state index contributed by atoms with van der Waals surface area (Å²) in [6.45, 7) is 4.89. The minimum Gasteiger partial charge on any atom is -0.496 e. The number of ether oxygens (including phenoxy) is 3. The fraction of sp³-hybridized carbons (Fsp3) is 0.400. The molecule has 3 atom stereocenters. The lowest BCUT2D eigenvalue weighted by Crippen LogP contribution is -2.65. The lowest BCUT2D eigenvalue weighted by Gasteiger charge is -2.41. The van der Waals surface area contributed by atoms with E-state index in [1.54, 1.807) is 12.0 Å². The fourth-order valence-corrected chi connectivity index (χ4v) is 5.71. The molecule has 0 saturated carbocycles. The van der Waals surface area contributed by atoms with Crippen LogP contribution >= 0.6 is 15.9 Å². The second-order valence-electron chi connectivity index (χ2n) is 10.1. The Morgan fingerprint density at radius 1 is 1.24 bits per heavy atom. The molecule has 1 spiro atoms. The summed E-state index contributed by atoms with van der Waals surface area (Å²) >= 11 is 3.56. The van der Waals surface area contributed by atoms with Gasteiger partial charge in [-0.1, -0.05) is 54.0 Å². The van der Waals surface area contributed by atoms with Crippen LogP contribution in [-0.2, 0) is 20.9 Å². The number of carbonyl (C=O) groups excluding carboxylic acids is 2. The molecular weight excluding hydrogens is 548 g/mol. The number of carbonyl (C=O) groups is 2. The van der Waals surface area contributed by atoms with Gasteiger partial charge in [0.25, 0.3) is 5.91 Å². The summed E-state index contributed by atoms with van der Waals surface area (Å²) in [5.41, 5.74) is 0.527. The first-order chi connectivity index (χ1) is 18.4. The largest absolute Gasteiger partial charge is 0.496 e. The third-order valence-electron chi connectivity index (χ3n) is 7.68. The number of para-hydroxylation sites is 2. The van der Waals surface area contributed by atoms with Crippen molar-refractivity contribution in [1.82, 2.24) is 5.32 Å². The molecule has 3 aromatic carbocycles. The number of benzene rings is 3. The Morgan fingerprint density at radius 3 is 2.79 bits per heavy atom. The quantitative estimate of drug-likeness (QED) is 0.409. The summed E-state index contributed by atoms with van der Waals surface area (Å²) in [6.07, 6.45) is 2.00. The van der Waals surface area contributed by atoms with Crippen LogP contribution in [0.4, 0.5) is 5.69 Å². The fourth-order valence-electron chi connectivity index (χ4n) is 5.33. The lowest BCUT2D eigenvalue weighted by atomic mass is 9.86. The van der Waals surface area contributed by atoms with E-state index in [0.717, 1.165) is 27.2 Å². The van der Waals surface area contributed by atoms with Crippen molar-refractivity contribution >= 4 is 44.2 Å². The number of fused-ring (bicyclic) bond motifs is 2. The molecule has 2 aliphatic heterocycles. The maximum Gasteiger partial charge on any atom is 0.254 e. The molecule has 2 heterocycles. The van der Waals surface area contributed by atoms with Crippen LogP contribution in [-0.4, -0.2) is 43.8 Å². The van der Waals surface area contributed by atoms with Crippen molar-refractivity contribution in [3.8, 4) is 11.5 Å². The van der Waals surface area contributed by atoms with Crippen LogP contribution < -0.4 is 19.7 Å². The molecule has 1 saturated heterocycles. The lowest BCUT2D eigenvalue weighted by molar-refractivity contribution is -0.141. The summed E-state index contributed by atoms with van der Waals surface area (Å²) in [5.74, 6) is 0.644. The molecule has 2 amide bonds. The van der Waals surface area contributed by atoms with Gasteiger partial charge in [0.15, 0.2) is 11.6 Å². The Kier molecular flexibility index (Phi) is 7.63. The van der Waals surface area contributed by atoms with Gasteiger partial charge < -0.3 is 24.4 Å². The first-order valence-corrected chi connectivity index (χ1v) is 13.9. The first-order valence-electron chi connectivity index (χ1n) is 13.1. The molecule has 2 aliphatic rings. The molecule has 0 radical (unpaired) electrons. The summed E-state index contributed by atoms with van der Waals surface area (Å²) in [7, 11) is 1.63. The normalized spacial score (nSPS) is 21.9. The molecule has 3 aromatic rings. The maximum atomic E-state index is 14.5. The van der Waals surface area contributed by atoms with Crippen LogP contribution in [0.2, 0.25) is 0 Å². The van der Waals surface area contributed by atoms with E-state index in [0.29, 0.717) is 36.6 Å². The van der Waals surface area contributed by atoms with Gasteiger partial charge in [0.05, 0.1) is 25.9 Å². The highest BCUT2D eigenvalue weighted by molar-refractivity contribution is 9.10. The second-order valence-corrected chi connectivity index (χ2v) is 11.0. The molecule has 1 N–H and O–H groups in total. The Balaban J connectivity index is 1.64. The molecule has 0 aliphatic carbocycles. The number of rotatable bonds is 6. The van der Waals surface area contributed by atoms with Gasteiger partial charge in [-0.2, -0.15) is 0 Å².